The lowest BCUT2D eigenvalue weighted by Gasteiger charge is -2.16. The van der Waals surface area contributed by atoms with E-state index in [1.54, 1.807) is 0 Å². The van der Waals surface area contributed by atoms with Crippen LogP contribution >= 0.6 is 15.9 Å². The molecular formula is C13H18BrN. The van der Waals surface area contributed by atoms with Crippen LogP contribution in [0.15, 0.2) is 28.7 Å². The molecule has 1 aliphatic rings. The molecule has 0 spiro atoms. The van der Waals surface area contributed by atoms with Gasteiger partial charge in [0, 0.05) is 4.47 Å². The van der Waals surface area contributed by atoms with E-state index in [1.807, 2.05) is 0 Å². The van der Waals surface area contributed by atoms with Crippen molar-refractivity contribution in [1.82, 2.24) is 5.32 Å². The largest absolute Gasteiger partial charge is 0.319 e. The summed E-state index contributed by atoms with van der Waals surface area (Å²) < 4.78 is 1.26. The molecule has 1 atom stereocenters. The van der Waals surface area contributed by atoms with Gasteiger partial charge in [-0.2, -0.15) is 0 Å². The summed E-state index contributed by atoms with van der Waals surface area (Å²) >= 11 is 3.62. The molecule has 0 amide bonds. The van der Waals surface area contributed by atoms with Gasteiger partial charge >= 0.3 is 0 Å². The molecule has 1 N–H and O–H groups in total. The first-order valence-electron chi connectivity index (χ1n) is 5.69. The fourth-order valence-corrected chi connectivity index (χ4v) is 2.63. The molecule has 1 unspecified atom stereocenters. The molecule has 1 nitrogen and oxygen atoms in total. The van der Waals surface area contributed by atoms with E-state index in [0.717, 1.165) is 18.4 Å². The zero-order valence-electron chi connectivity index (χ0n) is 9.17. The molecule has 0 aromatic heterocycles. The Morgan fingerprint density at radius 3 is 2.73 bits per heavy atom. The Labute approximate surface area is 100 Å². The molecule has 1 aromatic carbocycles. The van der Waals surface area contributed by atoms with Gasteiger partial charge in [-0.3, -0.25) is 0 Å². The third-order valence-corrected chi connectivity index (χ3v) is 3.97. The van der Waals surface area contributed by atoms with Crippen molar-refractivity contribution in [3.05, 3.63) is 34.3 Å². The van der Waals surface area contributed by atoms with Gasteiger partial charge in [-0.05, 0) is 56.3 Å². The van der Waals surface area contributed by atoms with Gasteiger partial charge in [0.1, 0.15) is 0 Å². The average Bonchev–Trinajstić information content (AvgIpc) is 3.04. The number of halogens is 1. The van der Waals surface area contributed by atoms with Gasteiger partial charge in [-0.15, -0.1) is 0 Å². The van der Waals surface area contributed by atoms with Crippen LogP contribution in [0.3, 0.4) is 0 Å². The topological polar surface area (TPSA) is 12.0 Å². The average molecular weight is 268 g/mol. The first-order chi connectivity index (χ1) is 7.31. The second kappa shape index (κ2) is 5.13. The van der Waals surface area contributed by atoms with Crippen LogP contribution in [0, 0.1) is 11.8 Å². The highest BCUT2D eigenvalue weighted by Gasteiger charge is 2.30. The summed E-state index contributed by atoms with van der Waals surface area (Å²) in [5.41, 5.74) is 1.45. The summed E-state index contributed by atoms with van der Waals surface area (Å²) in [7, 11) is 2.05. The van der Waals surface area contributed by atoms with E-state index in [1.165, 1.54) is 29.3 Å². The summed E-state index contributed by atoms with van der Waals surface area (Å²) in [6.45, 7) is 1.14. The number of rotatable bonds is 5. The number of benzene rings is 1. The quantitative estimate of drug-likeness (QED) is 0.864. The van der Waals surface area contributed by atoms with Crippen LogP contribution in [-0.4, -0.2) is 13.6 Å². The molecule has 1 aliphatic carbocycles. The predicted octanol–water partition coefficient (Wildman–Crippen LogP) is 3.24. The minimum absolute atomic E-state index is 0.814. The van der Waals surface area contributed by atoms with E-state index >= 15 is 0 Å². The van der Waals surface area contributed by atoms with Gasteiger partial charge in [-0.25, -0.2) is 0 Å². The molecule has 0 bridgehead atoms. The molecule has 15 heavy (non-hydrogen) atoms. The van der Waals surface area contributed by atoms with Gasteiger partial charge in [0.05, 0.1) is 0 Å². The molecule has 1 fully saturated rings. The smallest absolute Gasteiger partial charge is 0.0207 e. The second-order valence-corrected chi connectivity index (χ2v) is 5.31. The molecule has 1 aromatic rings. The maximum atomic E-state index is 3.62. The zero-order chi connectivity index (χ0) is 10.7. The first kappa shape index (κ1) is 11.2. The van der Waals surface area contributed by atoms with Gasteiger partial charge in [-0.1, -0.05) is 34.1 Å². The van der Waals surface area contributed by atoms with E-state index in [9.17, 15) is 0 Å². The molecule has 0 aliphatic heterocycles. The molecule has 0 heterocycles. The van der Waals surface area contributed by atoms with E-state index in [-0.39, 0.29) is 0 Å². The van der Waals surface area contributed by atoms with Gasteiger partial charge in [0.25, 0.3) is 0 Å². The van der Waals surface area contributed by atoms with Crippen LogP contribution in [-0.2, 0) is 6.42 Å². The van der Waals surface area contributed by atoms with Crippen molar-refractivity contribution < 1.29 is 0 Å². The molecule has 1 saturated carbocycles. The summed E-state index contributed by atoms with van der Waals surface area (Å²) in [4.78, 5) is 0. The van der Waals surface area contributed by atoms with Crippen LogP contribution in [0.2, 0.25) is 0 Å². The molecule has 2 rings (SSSR count). The lowest BCUT2D eigenvalue weighted by atomic mass is 9.95. The van der Waals surface area contributed by atoms with Crippen molar-refractivity contribution in [2.45, 2.75) is 19.3 Å². The predicted molar refractivity (Wildman–Crippen MR) is 68.0 cm³/mol. The Balaban J connectivity index is 2.02. The lowest BCUT2D eigenvalue weighted by Crippen LogP contribution is -2.22. The Kier molecular flexibility index (Phi) is 3.81. The highest BCUT2D eigenvalue weighted by atomic mass is 79.9. The lowest BCUT2D eigenvalue weighted by molar-refractivity contribution is 0.439. The van der Waals surface area contributed by atoms with Crippen LogP contribution in [0.1, 0.15) is 18.4 Å². The number of hydrogen-bond donors (Lipinski definition) is 1. The van der Waals surface area contributed by atoms with Gasteiger partial charge in [0.15, 0.2) is 0 Å². The monoisotopic (exact) mass is 267 g/mol. The van der Waals surface area contributed by atoms with Crippen molar-refractivity contribution in [3.63, 3.8) is 0 Å². The van der Waals surface area contributed by atoms with Crippen molar-refractivity contribution in [2.75, 3.05) is 13.6 Å². The van der Waals surface area contributed by atoms with Gasteiger partial charge in [0.2, 0.25) is 0 Å². The maximum absolute atomic E-state index is 3.62. The highest BCUT2D eigenvalue weighted by Crippen LogP contribution is 2.38. The Bertz CT molecular complexity index is 320. The molecule has 0 saturated heterocycles. The third-order valence-electron chi connectivity index (χ3n) is 3.19. The Morgan fingerprint density at radius 1 is 1.40 bits per heavy atom. The fraction of sp³-hybridized carbons (Fsp3) is 0.538. The minimum atomic E-state index is 0.814. The van der Waals surface area contributed by atoms with E-state index in [0.29, 0.717) is 0 Å². The van der Waals surface area contributed by atoms with Crippen molar-refractivity contribution in [3.8, 4) is 0 Å². The van der Waals surface area contributed by atoms with Crippen LogP contribution in [0.5, 0.6) is 0 Å². The minimum Gasteiger partial charge on any atom is -0.319 e. The van der Waals surface area contributed by atoms with E-state index in [4.69, 9.17) is 0 Å². The molecule has 82 valence electrons. The van der Waals surface area contributed by atoms with Gasteiger partial charge < -0.3 is 5.32 Å². The Morgan fingerprint density at radius 2 is 2.13 bits per heavy atom. The fourth-order valence-electron chi connectivity index (χ4n) is 2.18. The highest BCUT2D eigenvalue weighted by molar-refractivity contribution is 9.10. The number of hydrogen-bond acceptors (Lipinski definition) is 1. The zero-order valence-corrected chi connectivity index (χ0v) is 10.8. The SMILES string of the molecule is CNCC(Cc1ccccc1Br)C1CC1. The standard InChI is InChI=1S/C13H18BrN/c1-15-9-12(10-6-7-10)8-11-4-2-3-5-13(11)14/h2-5,10,12,15H,6-9H2,1H3. The summed E-state index contributed by atoms with van der Waals surface area (Å²) in [5.74, 6) is 1.78. The van der Waals surface area contributed by atoms with Crippen LogP contribution in [0.25, 0.3) is 0 Å². The molecule has 0 radical (unpaired) electrons. The van der Waals surface area contributed by atoms with E-state index < -0.39 is 0 Å². The van der Waals surface area contributed by atoms with Crippen LogP contribution in [0.4, 0.5) is 0 Å². The third kappa shape index (κ3) is 3.05. The number of nitrogens with one attached hydrogen (secondary N) is 1. The van der Waals surface area contributed by atoms with Crippen molar-refractivity contribution in [1.29, 1.82) is 0 Å². The van der Waals surface area contributed by atoms with Crippen molar-refractivity contribution >= 4 is 15.9 Å². The van der Waals surface area contributed by atoms with E-state index in [2.05, 4.69) is 52.6 Å². The summed E-state index contributed by atoms with van der Waals surface area (Å²) in [6.07, 6.45) is 4.06. The maximum Gasteiger partial charge on any atom is 0.0207 e. The molecular weight excluding hydrogens is 250 g/mol. The van der Waals surface area contributed by atoms with Crippen LogP contribution < -0.4 is 5.32 Å². The summed E-state index contributed by atoms with van der Waals surface area (Å²) in [5, 5.41) is 3.31. The Hall–Kier alpha value is -0.340. The first-order valence-corrected chi connectivity index (χ1v) is 6.48. The van der Waals surface area contributed by atoms with Crippen molar-refractivity contribution in [2.24, 2.45) is 11.8 Å². The summed E-state index contributed by atoms with van der Waals surface area (Å²) in [6, 6.07) is 8.58. The second-order valence-electron chi connectivity index (χ2n) is 4.45. The normalized spacial score (nSPS) is 17.7. The molecule has 2 heteroatoms.